The third kappa shape index (κ3) is 5.22. The number of anilines is 2. The van der Waals surface area contributed by atoms with Gasteiger partial charge in [-0.2, -0.15) is 0 Å². The average Bonchev–Trinajstić information content (AvgIpc) is 2.44. The fourth-order valence-corrected chi connectivity index (χ4v) is 2.45. The molecule has 22 heavy (non-hydrogen) atoms. The van der Waals surface area contributed by atoms with Crippen LogP contribution in [0.15, 0.2) is 18.2 Å². The van der Waals surface area contributed by atoms with Gasteiger partial charge in [0.1, 0.15) is 0 Å². The molecule has 0 aliphatic carbocycles. The van der Waals surface area contributed by atoms with Crippen molar-refractivity contribution in [3.8, 4) is 0 Å². The molecule has 6 nitrogen and oxygen atoms in total. The molecule has 0 atom stereocenters. The van der Waals surface area contributed by atoms with Crippen LogP contribution in [0.25, 0.3) is 0 Å². The van der Waals surface area contributed by atoms with Gasteiger partial charge in [-0.05, 0) is 31.0 Å². The van der Waals surface area contributed by atoms with Gasteiger partial charge in [-0.15, -0.1) is 0 Å². The minimum Gasteiger partial charge on any atom is -0.377 e. The molecule has 0 radical (unpaired) electrons. The maximum absolute atomic E-state index is 12.3. The fraction of sp³-hybridized carbons (Fsp3) is 0.533. The number of hydrogen-bond donors (Lipinski definition) is 2. The first-order valence-corrected chi connectivity index (χ1v) is 8.91. The van der Waals surface area contributed by atoms with Crippen molar-refractivity contribution in [2.24, 2.45) is 5.92 Å². The first-order chi connectivity index (χ1) is 10.2. The van der Waals surface area contributed by atoms with Crippen molar-refractivity contribution in [1.29, 1.82) is 0 Å². The summed E-state index contributed by atoms with van der Waals surface area (Å²) < 4.78 is 25.8. The normalized spacial score (nSPS) is 11.4. The molecule has 7 heteroatoms. The summed E-state index contributed by atoms with van der Waals surface area (Å²) in [5.74, 6) is 0.112. The Bertz CT molecular complexity index is 625. The highest BCUT2D eigenvalue weighted by Gasteiger charge is 2.16. The van der Waals surface area contributed by atoms with Crippen LogP contribution in [0.1, 0.15) is 31.1 Å². The summed E-state index contributed by atoms with van der Waals surface area (Å²) in [5.41, 5.74) is 1.57. The molecular formula is C15H25N3O3S. The molecule has 1 rings (SSSR count). The predicted molar refractivity (Wildman–Crippen MR) is 91.0 cm³/mol. The quantitative estimate of drug-likeness (QED) is 0.802. The first-order valence-electron chi connectivity index (χ1n) is 7.26. The number of amides is 1. The lowest BCUT2D eigenvalue weighted by Gasteiger charge is -2.19. The van der Waals surface area contributed by atoms with E-state index in [4.69, 9.17) is 0 Å². The molecule has 124 valence electrons. The number of hydrogen-bond acceptors (Lipinski definition) is 4. The van der Waals surface area contributed by atoms with Gasteiger partial charge in [0.05, 0.1) is 11.3 Å². The Morgan fingerprint density at radius 1 is 1.27 bits per heavy atom. The monoisotopic (exact) mass is 327 g/mol. The summed E-state index contributed by atoms with van der Waals surface area (Å²) in [5, 5.41) is 2.85. The van der Waals surface area contributed by atoms with Crippen molar-refractivity contribution in [2.75, 3.05) is 36.0 Å². The lowest BCUT2D eigenvalue weighted by atomic mass is 10.1. The van der Waals surface area contributed by atoms with Crippen molar-refractivity contribution in [3.63, 3.8) is 0 Å². The molecule has 0 spiro atoms. The van der Waals surface area contributed by atoms with Crippen LogP contribution >= 0.6 is 0 Å². The van der Waals surface area contributed by atoms with Gasteiger partial charge in [0.2, 0.25) is 10.0 Å². The number of sulfonamides is 1. The molecule has 0 fully saturated rings. The van der Waals surface area contributed by atoms with Crippen LogP contribution in [0.5, 0.6) is 0 Å². The smallest absolute Gasteiger partial charge is 0.253 e. The van der Waals surface area contributed by atoms with E-state index < -0.39 is 10.0 Å². The lowest BCUT2D eigenvalue weighted by Crippen LogP contribution is -2.29. The van der Waals surface area contributed by atoms with Gasteiger partial charge in [-0.25, -0.2) is 8.42 Å². The summed E-state index contributed by atoms with van der Waals surface area (Å²) in [6.07, 6.45) is 0. The Hall–Kier alpha value is -1.76. The number of rotatable bonds is 7. The molecule has 0 saturated carbocycles. The maximum atomic E-state index is 12.3. The molecule has 1 aromatic carbocycles. The van der Waals surface area contributed by atoms with Gasteiger partial charge in [0.25, 0.3) is 5.91 Å². The van der Waals surface area contributed by atoms with Crippen LogP contribution in [-0.4, -0.2) is 40.7 Å². The van der Waals surface area contributed by atoms with Crippen molar-refractivity contribution < 1.29 is 13.2 Å². The minimum atomic E-state index is -3.37. The van der Waals surface area contributed by atoms with Gasteiger partial charge in [0.15, 0.2) is 0 Å². The zero-order chi connectivity index (χ0) is 16.9. The predicted octanol–water partition coefficient (Wildman–Crippen LogP) is 1.90. The van der Waals surface area contributed by atoms with Crippen molar-refractivity contribution in [3.05, 3.63) is 23.8 Å². The summed E-state index contributed by atoms with van der Waals surface area (Å²) >= 11 is 0. The molecule has 1 amide bonds. The van der Waals surface area contributed by atoms with Gasteiger partial charge >= 0.3 is 0 Å². The van der Waals surface area contributed by atoms with E-state index in [1.807, 2.05) is 32.8 Å². The van der Waals surface area contributed by atoms with E-state index >= 15 is 0 Å². The van der Waals surface area contributed by atoms with Gasteiger partial charge in [0, 0.05) is 32.0 Å². The van der Waals surface area contributed by atoms with E-state index in [2.05, 4.69) is 10.0 Å². The highest BCUT2D eigenvalue weighted by molar-refractivity contribution is 7.92. The zero-order valence-electron chi connectivity index (χ0n) is 13.8. The van der Waals surface area contributed by atoms with Crippen molar-refractivity contribution >= 4 is 27.3 Å². The van der Waals surface area contributed by atoms with Gasteiger partial charge in [-0.1, -0.05) is 13.8 Å². The molecule has 0 unspecified atom stereocenters. The second kappa shape index (κ2) is 7.49. The minimum absolute atomic E-state index is 0.0166. The highest BCUT2D eigenvalue weighted by atomic mass is 32.2. The Morgan fingerprint density at radius 3 is 2.41 bits per heavy atom. The van der Waals surface area contributed by atoms with Crippen LogP contribution in [0.3, 0.4) is 0 Å². The van der Waals surface area contributed by atoms with Gasteiger partial charge in [-0.3, -0.25) is 9.52 Å². The van der Waals surface area contributed by atoms with Crippen molar-refractivity contribution in [2.45, 2.75) is 20.8 Å². The topological polar surface area (TPSA) is 78.5 Å². The number of nitrogens with zero attached hydrogens (tertiary/aromatic N) is 1. The Balaban J connectivity index is 3.12. The number of nitrogens with one attached hydrogen (secondary N) is 2. The average molecular weight is 327 g/mol. The molecule has 0 heterocycles. The summed E-state index contributed by atoms with van der Waals surface area (Å²) in [6.45, 7) is 6.15. The Morgan fingerprint density at radius 2 is 1.91 bits per heavy atom. The van der Waals surface area contributed by atoms with E-state index in [0.717, 1.165) is 5.69 Å². The molecule has 0 bridgehead atoms. The molecule has 0 saturated heterocycles. The summed E-state index contributed by atoms with van der Waals surface area (Å²) in [4.78, 5) is 14.2. The largest absolute Gasteiger partial charge is 0.377 e. The van der Waals surface area contributed by atoms with E-state index in [9.17, 15) is 13.2 Å². The van der Waals surface area contributed by atoms with Crippen LogP contribution in [0.2, 0.25) is 0 Å². The van der Waals surface area contributed by atoms with Crippen LogP contribution in [0.4, 0.5) is 11.4 Å². The highest BCUT2D eigenvalue weighted by Crippen LogP contribution is 2.23. The van der Waals surface area contributed by atoms with E-state index in [1.54, 1.807) is 25.1 Å². The molecule has 0 aliphatic rings. The Labute approximate surface area is 132 Å². The number of carbonyl (C=O) groups is 1. The van der Waals surface area contributed by atoms with E-state index in [0.29, 0.717) is 23.7 Å². The second-order valence-corrected chi connectivity index (χ2v) is 7.75. The third-order valence-electron chi connectivity index (χ3n) is 3.05. The first kappa shape index (κ1) is 18.3. The zero-order valence-corrected chi connectivity index (χ0v) is 14.6. The molecule has 2 N–H and O–H groups in total. The molecule has 1 aromatic rings. The number of carbonyl (C=O) groups excluding carboxylic acids is 1. The maximum Gasteiger partial charge on any atom is 0.253 e. The molecular weight excluding hydrogens is 302 g/mol. The Kier molecular flexibility index (Phi) is 6.22. The standard InChI is InChI=1S/C15H25N3O3S/c1-6-22(20,21)17-12-7-8-14(18(4)5)13(9-12)15(19)16-10-11(2)3/h7-9,11,17H,6,10H2,1-5H3,(H,16,19). The summed E-state index contributed by atoms with van der Waals surface area (Å²) in [7, 11) is 0.306. The lowest BCUT2D eigenvalue weighted by molar-refractivity contribution is 0.0949. The molecule has 0 aromatic heterocycles. The summed E-state index contributed by atoms with van der Waals surface area (Å²) in [6, 6.07) is 4.96. The number of benzene rings is 1. The van der Waals surface area contributed by atoms with Gasteiger partial charge < -0.3 is 10.2 Å². The van der Waals surface area contributed by atoms with Crippen LogP contribution in [-0.2, 0) is 10.0 Å². The van der Waals surface area contributed by atoms with Crippen LogP contribution in [0, 0.1) is 5.92 Å². The van der Waals surface area contributed by atoms with E-state index in [-0.39, 0.29) is 11.7 Å². The van der Waals surface area contributed by atoms with Crippen LogP contribution < -0.4 is 14.9 Å². The molecule has 0 aliphatic heterocycles. The van der Waals surface area contributed by atoms with Crippen molar-refractivity contribution in [1.82, 2.24) is 5.32 Å². The second-order valence-electron chi connectivity index (χ2n) is 5.74. The fourth-order valence-electron chi connectivity index (χ4n) is 1.82. The van der Waals surface area contributed by atoms with E-state index in [1.165, 1.54) is 0 Å². The SMILES string of the molecule is CCS(=O)(=O)Nc1ccc(N(C)C)c(C(=O)NCC(C)C)c1. The third-order valence-corrected chi connectivity index (χ3v) is 4.35.